The maximum atomic E-state index is 12.3. The van der Waals surface area contributed by atoms with Crippen LogP contribution in [0.5, 0.6) is 5.75 Å². The fourth-order valence-electron chi connectivity index (χ4n) is 2.44. The maximum Gasteiger partial charge on any atom is 0.227 e. The van der Waals surface area contributed by atoms with Crippen LogP contribution in [0.4, 0.5) is 0 Å². The second kappa shape index (κ2) is 6.06. The van der Waals surface area contributed by atoms with Gasteiger partial charge in [0.05, 0.1) is 26.7 Å². The van der Waals surface area contributed by atoms with Gasteiger partial charge in [-0.25, -0.2) is 0 Å². The van der Waals surface area contributed by atoms with Gasteiger partial charge in [-0.3, -0.25) is 4.79 Å². The Bertz CT molecular complexity index is 465. The van der Waals surface area contributed by atoms with Crippen molar-refractivity contribution in [3.8, 4) is 5.75 Å². The number of methoxy groups -OCH3 is 1. The predicted molar refractivity (Wildman–Crippen MR) is 73.6 cm³/mol. The Balaban J connectivity index is 2.15. The largest absolute Gasteiger partial charge is 0.496 e. The van der Waals surface area contributed by atoms with Crippen LogP contribution in [-0.4, -0.2) is 44.2 Å². The van der Waals surface area contributed by atoms with E-state index in [1.54, 1.807) is 7.11 Å². The first kappa shape index (κ1) is 13.9. The molecule has 0 bridgehead atoms. The molecule has 1 saturated heterocycles. The van der Waals surface area contributed by atoms with Crippen molar-refractivity contribution in [2.75, 3.05) is 33.4 Å². The van der Waals surface area contributed by atoms with Crippen LogP contribution in [0.25, 0.3) is 0 Å². The molecule has 4 heteroatoms. The van der Waals surface area contributed by atoms with Crippen LogP contribution >= 0.6 is 0 Å². The fourth-order valence-corrected chi connectivity index (χ4v) is 2.44. The number of morpholine rings is 1. The summed E-state index contributed by atoms with van der Waals surface area (Å²) in [6, 6.07) is 4.07. The minimum absolute atomic E-state index is 0.147. The highest BCUT2D eigenvalue weighted by Gasteiger charge is 2.19. The number of carbonyl (C=O) groups excluding carboxylic acids is 1. The van der Waals surface area contributed by atoms with Crippen LogP contribution in [0.3, 0.4) is 0 Å². The summed E-state index contributed by atoms with van der Waals surface area (Å²) < 4.78 is 10.7. The molecule has 19 heavy (non-hydrogen) atoms. The van der Waals surface area contributed by atoms with Crippen molar-refractivity contribution in [1.29, 1.82) is 0 Å². The molecule has 104 valence electrons. The topological polar surface area (TPSA) is 38.8 Å². The van der Waals surface area contributed by atoms with Gasteiger partial charge in [-0.05, 0) is 31.0 Å². The van der Waals surface area contributed by atoms with E-state index in [2.05, 4.69) is 6.07 Å². The molecule has 1 aliphatic rings. The summed E-state index contributed by atoms with van der Waals surface area (Å²) in [7, 11) is 1.65. The Morgan fingerprint density at radius 2 is 2.00 bits per heavy atom. The zero-order chi connectivity index (χ0) is 13.8. The Labute approximate surface area is 114 Å². The van der Waals surface area contributed by atoms with Gasteiger partial charge >= 0.3 is 0 Å². The van der Waals surface area contributed by atoms with Crippen molar-refractivity contribution in [3.63, 3.8) is 0 Å². The summed E-state index contributed by atoms with van der Waals surface area (Å²) in [5.74, 6) is 0.952. The molecule has 0 aliphatic carbocycles. The number of benzene rings is 1. The third kappa shape index (κ3) is 3.26. The zero-order valence-corrected chi connectivity index (χ0v) is 11.9. The first-order chi connectivity index (χ1) is 9.11. The Morgan fingerprint density at radius 1 is 1.32 bits per heavy atom. The molecule has 1 fully saturated rings. The minimum atomic E-state index is 0.147. The molecule has 1 aromatic rings. The van der Waals surface area contributed by atoms with Crippen molar-refractivity contribution in [1.82, 2.24) is 4.90 Å². The van der Waals surface area contributed by atoms with Gasteiger partial charge in [0.2, 0.25) is 5.91 Å². The van der Waals surface area contributed by atoms with Crippen LogP contribution in [-0.2, 0) is 16.0 Å². The van der Waals surface area contributed by atoms with Gasteiger partial charge < -0.3 is 14.4 Å². The molecule has 0 N–H and O–H groups in total. The molecule has 0 radical (unpaired) electrons. The lowest BCUT2D eigenvalue weighted by Gasteiger charge is -2.27. The molecule has 0 spiro atoms. The number of carbonyl (C=O) groups is 1. The molecular formula is C15H21NO3. The van der Waals surface area contributed by atoms with E-state index >= 15 is 0 Å². The number of hydrogen-bond acceptors (Lipinski definition) is 3. The second-order valence-corrected chi connectivity index (χ2v) is 4.93. The van der Waals surface area contributed by atoms with Crippen LogP contribution < -0.4 is 4.74 Å². The van der Waals surface area contributed by atoms with E-state index in [-0.39, 0.29) is 5.91 Å². The van der Waals surface area contributed by atoms with Crippen LogP contribution in [0.2, 0.25) is 0 Å². The monoisotopic (exact) mass is 263 g/mol. The van der Waals surface area contributed by atoms with Gasteiger partial charge in [-0.2, -0.15) is 0 Å². The summed E-state index contributed by atoms with van der Waals surface area (Å²) in [6.45, 7) is 6.70. The summed E-state index contributed by atoms with van der Waals surface area (Å²) >= 11 is 0. The van der Waals surface area contributed by atoms with E-state index in [9.17, 15) is 4.79 Å². The lowest BCUT2D eigenvalue weighted by Crippen LogP contribution is -2.41. The lowest BCUT2D eigenvalue weighted by molar-refractivity contribution is -0.134. The van der Waals surface area contributed by atoms with Crippen LogP contribution in [0.1, 0.15) is 16.7 Å². The SMILES string of the molecule is COc1cc(C)cc(C)c1CC(=O)N1CCOCC1. The first-order valence-corrected chi connectivity index (χ1v) is 6.61. The van der Waals surface area contributed by atoms with Gasteiger partial charge in [0.25, 0.3) is 0 Å². The second-order valence-electron chi connectivity index (χ2n) is 4.93. The molecule has 0 aromatic heterocycles. The van der Waals surface area contributed by atoms with E-state index in [0.717, 1.165) is 22.4 Å². The Kier molecular flexibility index (Phi) is 4.43. The van der Waals surface area contributed by atoms with E-state index in [4.69, 9.17) is 9.47 Å². The van der Waals surface area contributed by atoms with Gasteiger partial charge in [0.1, 0.15) is 5.75 Å². The first-order valence-electron chi connectivity index (χ1n) is 6.61. The third-order valence-electron chi connectivity index (χ3n) is 3.49. The molecule has 1 amide bonds. The van der Waals surface area contributed by atoms with Crippen LogP contribution in [0, 0.1) is 13.8 Å². The number of aryl methyl sites for hydroxylation is 2. The van der Waals surface area contributed by atoms with E-state index in [1.165, 1.54) is 0 Å². The highest BCUT2D eigenvalue weighted by molar-refractivity contribution is 5.80. The summed E-state index contributed by atoms with van der Waals surface area (Å²) in [5, 5.41) is 0. The lowest BCUT2D eigenvalue weighted by atomic mass is 10.0. The van der Waals surface area contributed by atoms with Gasteiger partial charge in [-0.1, -0.05) is 6.07 Å². The van der Waals surface area contributed by atoms with E-state index in [0.29, 0.717) is 32.7 Å². The van der Waals surface area contributed by atoms with Gasteiger partial charge in [0.15, 0.2) is 0 Å². The third-order valence-corrected chi connectivity index (χ3v) is 3.49. The standard InChI is InChI=1S/C15H21NO3/c1-11-8-12(2)13(14(9-11)18-3)10-15(17)16-4-6-19-7-5-16/h8-9H,4-7,10H2,1-3H3. The molecule has 1 aliphatic heterocycles. The highest BCUT2D eigenvalue weighted by atomic mass is 16.5. The number of hydrogen-bond donors (Lipinski definition) is 0. The highest BCUT2D eigenvalue weighted by Crippen LogP contribution is 2.25. The fraction of sp³-hybridized carbons (Fsp3) is 0.533. The molecule has 1 heterocycles. The van der Waals surface area contributed by atoms with E-state index in [1.807, 2.05) is 24.8 Å². The average molecular weight is 263 g/mol. The summed E-state index contributed by atoms with van der Waals surface area (Å²) in [6.07, 6.45) is 0.398. The molecule has 0 unspecified atom stereocenters. The van der Waals surface area contributed by atoms with Crippen molar-refractivity contribution in [3.05, 3.63) is 28.8 Å². The molecular weight excluding hydrogens is 242 g/mol. The van der Waals surface area contributed by atoms with Gasteiger partial charge in [-0.15, -0.1) is 0 Å². The Hall–Kier alpha value is -1.55. The van der Waals surface area contributed by atoms with Crippen molar-refractivity contribution in [2.24, 2.45) is 0 Å². The summed E-state index contributed by atoms with van der Waals surface area (Å²) in [5.41, 5.74) is 3.25. The average Bonchev–Trinajstić information content (AvgIpc) is 2.42. The molecule has 1 aromatic carbocycles. The smallest absolute Gasteiger partial charge is 0.227 e. The van der Waals surface area contributed by atoms with E-state index < -0.39 is 0 Å². The van der Waals surface area contributed by atoms with Crippen molar-refractivity contribution < 1.29 is 14.3 Å². The zero-order valence-electron chi connectivity index (χ0n) is 11.9. The molecule has 0 atom stereocenters. The normalized spacial score (nSPS) is 15.4. The number of nitrogens with zero attached hydrogens (tertiary/aromatic N) is 1. The minimum Gasteiger partial charge on any atom is -0.496 e. The number of ether oxygens (including phenoxy) is 2. The number of amides is 1. The quantitative estimate of drug-likeness (QED) is 0.833. The van der Waals surface area contributed by atoms with Crippen molar-refractivity contribution in [2.45, 2.75) is 20.3 Å². The molecule has 2 rings (SSSR count). The predicted octanol–water partition coefficient (Wildman–Crippen LogP) is 1.71. The molecule has 0 saturated carbocycles. The molecule has 4 nitrogen and oxygen atoms in total. The maximum absolute atomic E-state index is 12.3. The van der Waals surface area contributed by atoms with Crippen molar-refractivity contribution >= 4 is 5.91 Å². The Morgan fingerprint density at radius 3 is 2.63 bits per heavy atom. The summed E-state index contributed by atoms with van der Waals surface area (Å²) in [4.78, 5) is 14.2. The van der Waals surface area contributed by atoms with Crippen LogP contribution in [0.15, 0.2) is 12.1 Å². The number of rotatable bonds is 3. The van der Waals surface area contributed by atoms with Gasteiger partial charge in [0, 0.05) is 18.7 Å².